The lowest BCUT2D eigenvalue weighted by molar-refractivity contribution is -0.110. The van der Waals surface area contributed by atoms with Crippen LogP contribution in [-0.2, 0) is 14.3 Å². The largest absolute Gasteiger partial charge is 0.350 e. The van der Waals surface area contributed by atoms with Gasteiger partial charge in [0.1, 0.15) is 6.29 Å². The van der Waals surface area contributed by atoms with Crippen molar-refractivity contribution in [2.24, 2.45) is 0 Å². The number of carbonyl (C=O) groups excluding carboxylic acids is 1. The van der Waals surface area contributed by atoms with Gasteiger partial charge in [-0.3, -0.25) is 0 Å². The molecule has 0 aliphatic carbocycles. The lowest BCUT2D eigenvalue weighted by Crippen LogP contribution is -2.06. The van der Waals surface area contributed by atoms with Crippen LogP contribution in [0.4, 0.5) is 0 Å². The fraction of sp³-hybridized carbons (Fsp3) is 0.833. The first-order valence-corrected chi connectivity index (χ1v) is 3.10. The maximum Gasteiger partial charge on any atom is 0.158 e. The average Bonchev–Trinajstić information content (AvgIpc) is 2.34. The van der Waals surface area contributed by atoms with E-state index in [0.717, 1.165) is 6.29 Å². The molecule has 0 saturated carbocycles. The van der Waals surface area contributed by atoms with Crippen LogP contribution in [-0.4, -0.2) is 25.8 Å². The first-order chi connectivity index (χ1) is 4.43. The Balaban J connectivity index is 2.04. The van der Waals surface area contributed by atoms with Crippen LogP contribution in [0.25, 0.3) is 0 Å². The molecular weight excluding hydrogens is 121 g/mol. The van der Waals surface area contributed by atoms with Crippen molar-refractivity contribution in [2.45, 2.75) is 19.1 Å². The molecule has 0 amide bonds. The molecule has 1 rings (SSSR count). The van der Waals surface area contributed by atoms with Crippen LogP contribution < -0.4 is 0 Å². The van der Waals surface area contributed by atoms with E-state index >= 15 is 0 Å². The van der Waals surface area contributed by atoms with E-state index < -0.39 is 0 Å². The van der Waals surface area contributed by atoms with Gasteiger partial charge in [0.2, 0.25) is 0 Å². The van der Waals surface area contributed by atoms with E-state index in [0.29, 0.717) is 26.1 Å². The van der Waals surface area contributed by atoms with Crippen LogP contribution in [0, 0.1) is 0 Å². The Hall–Kier alpha value is -0.410. The highest BCUT2D eigenvalue weighted by molar-refractivity contribution is 5.49. The molecule has 0 unspecified atom stereocenters. The lowest BCUT2D eigenvalue weighted by Gasteiger charge is -2.03. The third kappa shape index (κ3) is 2.11. The first-order valence-electron chi connectivity index (χ1n) is 3.10. The minimum Gasteiger partial charge on any atom is -0.350 e. The highest BCUT2D eigenvalue weighted by atomic mass is 16.7. The van der Waals surface area contributed by atoms with Crippen molar-refractivity contribution in [1.29, 1.82) is 0 Å². The zero-order chi connectivity index (χ0) is 6.53. The van der Waals surface area contributed by atoms with Crippen LogP contribution in [0.3, 0.4) is 0 Å². The highest BCUT2D eigenvalue weighted by Gasteiger charge is 2.14. The summed E-state index contributed by atoms with van der Waals surface area (Å²) in [5.41, 5.74) is 0. The highest BCUT2D eigenvalue weighted by Crippen LogP contribution is 2.08. The van der Waals surface area contributed by atoms with Crippen molar-refractivity contribution in [3.63, 3.8) is 0 Å². The molecular formula is C6H10O3. The van der Waals surface area contributed by atoms with Gasteiger partial charge in [0.05, 0.1) is 13.2 Å². The monoisotopic (exact) mass is 131 g/mol. The van der Waals surface area contributed by atoms with E-state index in [-0.39, 0.29) is 6.29 Å². The van der Waals surface area contributed by atoms with Crippen LogP contribution >= 0.6 is 0 Å². The molecule has 0 atom stereocenters. The summed E-state index contributed by atoms with van der Waals surface area (Å²) >= 11 is 0. The predicted octanol–water partition coefficient (Wildman–Crippen LogP) is 0.338. The van der Waals surface area contributed by atoms with Gasteiger partial charge in [-0.2, -0.15) is 0 Å². The number of hydrogen-bond donors (Lipinski definition) is 0. The van der Waals surface area contributed by atoms with Gasteiger partial charge in [0.15, 0.2) is 6.29 Å². The minimum absolute atomic E-state index is 0.116. The van der Waals surface area contributed by atoms with E-state index in [2.05, 4.69) is 0 Å². The Morgan fingerprint density at radius 3 is 2.67 bits per heavy atom. The van der Waals surface area contributed by atoms with Gasteiger partial charge in [0.25, 0.3) is 0 Å². The van der Waals surface area contributed by atoms with Gasteiger partial charge in [-0.15, -0.1) is 0 Å². The zero-order valence-electron chi connectivity index (χ0n) is 5.21. The van der Waals surface area contributed by atoms with E-state index in [9.17, 15) is 4.79 Å². The molecule has 0 aromatic rings. The fourth-order valence-electron chi connectivity index (χ4n) is 0.778. The standard InChI is InChI=1S/C6H10O3/c7-3-1-2-6-8-4-5-9-6/h3,6H,1-2,4-5H2/i3+1. The number of rotatable bonds is 3. The number of aldehydes is 1. The summed E-state index contributed by atoms with van der Waals surface area (Å²) in [6.45, 7) is 1.34. The van der Waals surface area contributed by atoms with Crippen LogP contribution in [0.1, 0.15) is 12.8 Å². The second-order valence-corrected chi connectivity index (χ2v) is 1.92. The van der Waals surface area contributed by atoms with Crippen LogP contribution in [0.15, 0.2) is 0 Å². The van der Waals surface area contributed by atoms with Crippen molar-refractivity contribution >= 4 is 6.29 Å². The molecule has 1 heterocycles. The molecule has 0 radical (unpaired) electrons. The Bertz CT molecular complexity index is 86.3. The second kappa shape index (κ2) is 3.58. The van der Waals surface area contributed by atoms with Crippen molar-refractivity contribution in [1.82, 2.24) is 0 Å². The van der Waals surface area contributed by atoms with E-state index in [1.54, 1.807) is 0 Å². The van der Waals surface area contributed by atoms with Crippen molar-refractivity contribution in [2.75, 3.05) is 13.2 Å². The minimum atomic E-state index is -0.116. The predicted molar refractivity (Wildman–Crippen MR) is 31.0 cm³/mol. The van der Waals surface area contributed by atoms with Crippen LogP contribution in [0.2, 0.25) is 0 Å². The second-order valence-electron chi connectivity index (χ2n) is 1.92. The molecule has 52 valence electrons. The molecule has 0 bridgehead atoms. The summed E-state index contributed by atoms with van der Waals surface area (Å²) in [6.07, 6.45) is 1.99. The molecule has 3 heteroatoms. The molecule has 0 aromatic heterocycles. The quantitative estimate of drug-likeness (QED) is 0.409. The smallest absolute Gasteiger partial charge is 0.158 e. The summed E-state index contributed by atoms with van der Waals surface area (Å²) in [5.74, 6) is 0. The molecule has 1 fully saturated rings. The van der Waals surface area contributed by atoms with Crippen LogP contribution in [0.5, 0.6) is 0 Å². The number of ether oxygens (including phenoxy) is 2. The summed E-state index contributed by atoms with van der Waals surface area (Å²) in [4.78, 5) is 9.85. The van der Waals surface area contributed by atoms with Gasteiger partial charge in [-0.25, -0.2) is 0 Å². The Morgan fingerprint density at radius 2 is 2.11 bits per heavy atom. The van der Waals surface area contributed by atoms with Gasteiger partial charge in [0, 0.05) is 12.8 Å². The molecule has 1 aliphatic rings. The lowest BCUT2D eigenvalue weighted by atomic mass is 10.4. The third-order valence-corrected chi connectivity index (χ3v) is 1.21. The Labute approximate surface area is 53.9 Å². The maximum absolute atomic E-state index is 9.85. The summed E-state index contributed by atoms with van der Waals surface area (Å²) in [6, 6.07) is 0. The number of carbonyl (C=O) groups is 1. The molecule has 0 N–H and O–H groups in total. The third-order valence-electron chi connectivity index (χ3n) is 1.21. The van der Waals surface area contributed by atoms with Gasteiger partial charge < -0.3 is 14.3 Å². The van der Waals surface area contributed by atoms with E-state index in [1.165, 1.54) is 0 Å². The normalized spacial score (nSPS) is 20.4. The zero-order valence-corrected chi connectivity index (χ0v) is 5.21. The van der Waals surface area contributed by atoms with E-state index in [4.69, 9.17) is 9.47 Å². The molecule has 0 aromatic carbocycles. The average molecular weight is 131 g/mol. The van der Waals surface area contributed by atoms with Crippen molar-refractivity contribution in [3.8, 4) is 0 Å². The topological polar surface area (TPSA) is 35.5 Å². The Kier molecular flexibility index (Phi) is 2.67. The summed E-state index contributed by atoms with van der Waals surface area (Å²) in [7, 11) is 0. The molecule has 1 aliphatic heterocycles. The van der Waals surface area contributed by atoms with E-state index in [1.807, 2.05) is 0 Å². The van der Waals surface area contributed by atoms with Gasteiger partial charge >= 0.3 is 0 Å². The van der Waals surface area contributed by atoms with Crippen molar-refractivity contribution < 1.29 is 14.3 Å². The fourth-order valence-corrected chi connectivity index (χ4v) is 0.778. The summed E-state index contributed by atoms with van der Waals surface area (Å²) < 4.78 is 10.1. The molecule has 9 heavy (non-hydrogen) atoms. The molecule has 1 saturated heterocycles. The first kappa shape index (κ1) is 6.71. The SMILES string of the molecule is O=[13CH]CCC1OCCO1. The molecule has 0 spiro atoms. The number of hydrogen-bond acceptors (Lipinski definition) is 3. The van der Waals surface area contributed by atoms with Crippen molar-refractivity contribution in [3.05, 3.63) is 0 Å². The maximum atomic E-state index is 9.85. The van der Waals surface area contributed by atoms with Gasteiger partial charge in [-0.05, 0) is 0 Å². The summed E-state index contributed by atoms with van der Waals surface area (Å²) in [5, 5.41) is 0. The van der Waals surface area contributed by atoms with Gasteiger partial charge in [-0.1, -0.05) is 0 Å². The molecule has 3 nitrogen and oxygen atoms in total. The Morgan fingerprint density at radius 1 is 1.44 bits per heavy atom.